The van der Waals surface area contributed by atoms with Crippen LogP contribution in [0.1, 0.15) is 73.9 Å². The van der Waals surface area contributed by atoms with Crippen LogP contribution in [0.3, 0.4) is 0 Å². The number of hydrogen-bond donors (Lipinski definition) is 7. The lowest BCUT2D eigenvalue weighted by Crippen LogP contribution is -2.05. The molecule has 15 aromatic rings. The summed E-state index contributed by atoms with van der Waals surface area (Å²) in [5.74, 6) is 2.24. The second-order valence-electron chi connectivity index (χ2n) is 27.7. The van der Waals surface area contributed by atoms with E-state index in [2.05, 4.69) is 97.1 Å². The fourth-order valence-electron chi connectivity index (χ4n) is 12.8. The lowest BCUT2D eigenvalue weighted by molar-refractivity contribution is 0.235. The highest BCUT2D eigenvalue weighted by molar-refractivity contribution is 5.68. The van der Waals surface area contributed by atoms with Crippen molar-refractivity contribution < 1.29 is 67.3 Å². The van der Waals surface area contributed by atoms with E-state index in [1.807, 2.05) is 164 Å². The Morgan fingerprint density at radius 2 is 0.479 bits per heavy atom. The van der Waals surface area contributed by atoms with Crippen molar-refractivity contribution in [3.8, 4) is 95.9 Å². The van der Waals surface area contributed by atoms with Crippen LogP contribution in [0.25, 0.3) is 55.6 Å². The summed E-state index contributed by atoms with van der Waals surface area (Å²) in [4.78, 5) is 57.5. The zero-order chi connectivity index (χ0) is 84.0. The molecule has 604 valence electrons. The second-order valence-corrected chi connectivity index (χ2v) is 27.7. The van der Waals surface area contributed by atoms with Gasteiger partial charge >= 0.3 is 0 Å². The average Bonchev–Trinajstić information content (AvgIpc) is 0.829. The number of benzene rings is 10. The third-order valence-electron chi connectivity index (χ3n) is 19.5. The van der Waals surface area contributed by atoms with E-state index in [0.717, 1.165) is 84.8 Å². The van der Waals surface area contributed by atoms with E-state index in [1.54, 1.807) is 21.1 Å². The molecule has 5 aromatic heterocycles. The third-order valence-corrected chi connectivity index (χ3v) is 19.5. The molecule has 0 aliphatic rings. The van der Waals surface area contributed by atoms with Crippen molar-refractivity contribution in [1.29, 1.82) is 0 Å². The van der Waals surface area contributed by atoms with Gasteiger partial charge in [0, 0.05) is 62.4 Å². The van der Waals surface area contributed by atoms with E-state index in [1.165, 1.54) is 53.0 Å². The molecule has 19 nitrogen and oxygen atoms in total. The van der Waals surface area contributed by atoms with Crippen LogP contribution in [0.5, 0.6) is 40.2 Å². The Balaban J connectivity index is 0.000000146. The van der Waals surface area contributed by atoms with E-state index in [0.29, 0.717) is 87.2 Å². The minimum atomic E-state index is -0.537. The summed E-state index contributed by atoms with van der Waals surface area (Å²) in [6.07, 6.45) is 8.17. The topological polar surface area (TPSA) is 311 Å². The average molecular weight is 1600 g/mol. The molecule has 0 aliphatic carbocycles. The van der Waals surface area contributed by atoms with Crippen LogP contribution in [0.2, 0.25) is 0 Å². The Hall–Kier alpha value is -14.5. The van der Waals surface area contributed by atoms with Gasteiger partial charge in [0.05, 0.1) is 26.7 Å². The Morgan fingerprint density at radius 3 is 0.739 bits per heavy atom. The van der Waals surface area contributed by atoms with Crippen molar-refractivity contribution in [2.75, 3.05) is 14.2 Å². The summed E-state index contributed by atoms with van der Waals surface area (Å²) in [7, 11) is 3.29. The second kappa shape index (κ2) is 42.7. The maximum atomic E-state index is 11.6. The Labute approximate surface area is 686 Å². The van der Waals surface area contributed by atoms with E-state index in [4.69, 9.17) is 41.8 Å². The first kappa shape index (κ1) is 85.4. The standard InChI is InChI=1S/C21H20O5.2C20H18O4.C20H18O3.C19H16O3/c1-25-17-9-7-16(8-10-17)15-5-2-14(3-6-15)4-11-20-21(24)19(23)12-18(13-22)26-20;1-23-17-9-7-16(8-10-17)15-5-2-14(3-6-15)4-11-19-20(22)18(21)12-13-24-19;21-13-17-12-18(22)20(23)19(24-17)11-8-14-6-9-16(10-7-14)15-4-2-1-3-5-15;1-14-13-18(21)20(22)19(23-14)12-9-15-7-10-17(11-8-15)16-5-3-2-4-6-16;20-17-12-13-22-18(19(17)21)11-8-14-6-9-16(10-7-14)15-4-2-1-3-5-15/h2-3,5-10,12,22,24H,4,11,13H2,1H3;2-3,5-10,12-13,22H,4,11H2,1H3;1-7,9-10,12,21,23H,8,11,13H2;2-8,10-11,13,22H,9,12H2,1H3;1-7,9-10,12-13,21H,8,11H2. The molecule has 0 aliphatic heterocycles. The molecule has 5 heterocycles. The number of aliphatic hydroxyl groups is 2. The van der Waals surface area contributed by atoms with Gasteiger partial charge in [0.15, 0.2) is 0 Å². The first-order valence-electron chi connectivity index (χ1n) is 38.6. The molecule has 0 unspecified atom stereocenters. The zero-order valence-corrected chi connectivity index (χ0v) is 65.9. The molecule has 15 rings (SSSR count). The van der Waals surface area contributed by atoms with Gasteiger partial charge in [0.25, 0.3) is 0 Å². The number of hydrogen-bond acceptors (Lipinski definition) is 19. The summed E-state index contributed by atoms with van der Waals surface area (Å²) in [5.41, 5.74) is 14.6. The van der Waals surface area contributed by atoms with E-state index in [9.17, 15) is 49.5 Å². The van der Waals surface area contributed by atoms with Crippen molar-refractivity contribution in [1.82, 2.24) is 0 Å². The molecule has 0 saturated carbocycles. The Bertz CT molecular complexity index is 6040. The fourth-order valence-corrected chi connectivity index (χ4v) is 12.8. The monoisotopic (exact) mass is 1590 g/mol. The Kier molecular flexibility index (Phi) is 30.6. The maximum Gasteiger partial charge on any atom is 0.227 e. The summed E-state index contributed by atoms with van der Waals surface area (Å²) in [6.45, 7) is 0.965. The number of aliphatic hydroxyl groups excluding tert-OH is 2. The predicted octanol–water partition coefficient (Wildman–Crippen LogP) is 18.3. The molecular weight excluding hydrogens is 1510 g/mol. The minimum Gasteiger partial charge on any atom is -0.502 e. The van der Waals surface area contributed by atoms with E-state index >= 15 is 0 Å². The summed E-state index contributed by atoms with van der Waals surface area (Å²) in [6, 6.07) is 93.1. The third kappa shape index (κ3) is 24.5. The molecule has 0 amide bonds. The van der Waals surface area contributed by atoms with Crippen molar-refractivity contribution >= 4 is 0 Å². The molecule has 7 N–H and O–H groups in total. The van der Waals surface area contributed by atoms with Gasteiger partial charge in [-0.15, -0.1) is 0 Å². The highest BCUT2D eigenvalue weighted by Crippen LogP contribution is 2.30. The number of aromatic hydroxyl groups is 5. The summed E-state index contributed by atoms with van der Waals surface area (Å²) >= 11 is 0. The largest absolute Gasteiger partial charge is 0.502 e. The molecular formula is C100H90O19. The molecule has 0 atom stereocenters. The number of aryl methyl sites for hydroxylation is 11. The van der Waals surface area contributed by atoms with Gasteiger partial charge in [0.1, 0.15) is 70.8 Å². The van der Waals surface area contributed by atoms with Crippen LogP contribution in [-0.2, 0) is 77.4 Å². The quantitative estimate of drug-likeness (QED) is 0.0296. The SMILES string of the molecule is COc1ccc(-c2ccc(CCc3oc(CO)cc(=O)c3O)cc2)cc1.COc1ccc(-c2ccc(CCc3occc(=O)c3O)cc2)cc1.Cc1cc(=O)c(O)c(CCc2ccc(-c3ccccc3)cc2)o1.O=c1cc(CO)oc(CCc2ccc(-c3ccccc3)cc2)c1O.O=c1ccoc(CCc2ccc(-c3ccccc3)cc2)c1O. The number of methoxy groups -OCH3 is 2. The minimum absolute atomic E-state index is 0.151. The van der Waals surface area contributed by atoms with Crippen molar-refractivity contribution in [3.05, 3.63) is 429 Å². The van der Waals surface area contributed by atoms with Gasteiger partial charge in [-0.1, -0.05) is 237 Å². The smallest absolute Gasteiger partial charge is 0.227 e. The first-order valence-corrected chi connectivity index (χ1v) is 38.6. The summed E-state index contributed by atoms with van der Waals surface area (Å²) in [5, 5.41) is 67.0. The number of rotatable bonds is 24. The van der Waals surface area contributed by atoms with Gasteiger partial charge < -0.3 is 67.3 Å². The van der Waals surface area contributed by atoms with Gasteiger partial charge in [0.2, 0.25) is 55.9 Å². The van der Waals surface area contributed by atoms with Crippen LogP contribution in [0, 0.1) is 6.92 Å². The van der Waals surface area contributed by atoms with Crippen molar-refractivity contribution in [3.63, 3.8) is 0 Å². The molecule has 0 radical (unpaired) electrons. The lowest BCUT2D eigenvalue weighted by atomic mass is 10.0. The normalized spacial score (nSPS) is 10.6. The molecule has 0 spiro atoms. The van der Waals surface area contributed by atoms with Crippen LogP contribution in [0.4, 0.5) is 0 Å². The highest BCUT2D eigenvalue weighted by Gasteiger charge is 2.16. The van der Waals surface area contributed by atoms with Crippen LogP contribution in [-0.4, -0.2) is 50.0 Å². The fraction of sp³-hybridized carbons (Fsp3) is 0.150. The van der Waals surface area contributed by atoms with Gasteiger partial charge in [-0.25, -0.2) is 0 Å². The summed E-state index contributed by atoms with van der Waals surface area (Å²) < 4.78 is 36.9. The maximum absolute atomic E-state index is 11.6. The molecule has 10 aromatic carbocycles. The predicted molar refractivity (Wildman–Crippen MR) is 459 cm³/mol. The van der Waals surface area contributed by atoms with Gasteiger partial charge in [-0.2, -0.15) is 0 Å². The molecule has 119 heavy (non-hydrogen) atoms. The molecule has 0 fully saturated rings. The first-order chi connectivity index (χ1) is 57.8. The van der Waals surface area contributed by atoms with E-state index in [-0.39, 0.29) is 64.7 Å². The van der Waals surface area contributed by atoms with Crippen molar-refractivity contribution in [2.45, 2.75) is 84.3 Å². The molecule has 0 bridgehead atoms. The van der Waals surface area contributed by atoms with E-state index < -0.39 is 27.5 Å². The highest BCUT2D eigenvalue weighted by atomic mass is 16.5. The Morgan fingerprint density at radius 1 is 0.252 bits per heavy atom. The van der Waals surface area contributed by atoms with Crippen LogP contribution < -0.4 is 36.6 Å². The lowest BCUT2D eigenvalue weighted by Gasteiger charge is -2.07. The zero-order valence-electron chi connectivity index (χ0n) is 65.9. The molecule has 19 heteroatoms. The van der Waals surface area contributed by atoms with Crippen LogP contribution in [0.15, 0.2) is 350 Å². The number of ether oxygens (including phenoxy) is 2. The van der Waals surface area contributed by atoms with Crippen LogP contribution >= 0.6 is 0 Å². The van der Waals surface area contributed by atoms with Crippen molar-refractivity contribution in [2.24, 2.45) is 0 Å². The molecule has 0 saturated heterocycles. The van der Waals surface area contributed by atoms with Gasteiger partial charge in [-0.3, -0.25) is 24.0 Å². The van der Waals surface area contributed by atoms with Gasteiger partial charge in [-0.05, 0) is 147 Å².